The summed E-state index contributed by atoms with van der Waals surface area (Å²) < 4.78 is 30.1. The lowest BCUT2D eigenvalue weighted by atomic mass is 10.1. The molecule has 1 aromatic rings. The van der Waals surface area contributed by atoms with Crippen molar-refractivity contribution in [2.75, 3.05) is 7.11 Å². The number of pyridine rings is 1. The number of nitrogens with zero attached hydrogens (tertiary/aromatic N) is 1. The van der Waals surface area contributed by atoms with Crippen LogP contribution in [0.25, 0.3) is 0 Å². The van der Waals surface area contributed by atoms with Crippen molar-refractivity contribution in [3.63, 3.8) is 0 Å². The van der Waals surface area contributed by atoms with E-state index in [-0.39, 0.29) is 17.0 Å². The number of aromatic nitrogens is 1. The van der Waals surface area contributed by atoms with Crippen molar-refractivity contribution in [2.24, 2.45) is 0 Å². The predicted molar refractivity (Wildman–Crippen MR) is 62.8 cm³/mol. The van der Waals surface area contributed by atoms with Gasteiger partial charge in [0.2, 0.25) is 0 Å². The van der Waals surface area contributed by atoms with Gasteiger partial charge in [-0.2, -0.15) is 0 Å². The molecule has 0 saturated heterocycles. The highest BCUT2D eigenvalue weighted by Crippen LogP contribution is 2.27. The third-order valence-electron chi connectivity index (χ3n) is 1.87. The van der Waals surface area contributed by atoms with Crippen molar-refractivity contribution in [2.45, 2.75) is 12.3 Å². The van der Waals surface area contributed by atoms with Gasteiger partial charge in [-0.25, -0.2) is 18.6 Å². The molecule has 3 nitrogen and oxygen atoms in total. The molecule has 0 aliphatic heterocycles. The van der Waals surface area contributed by atoms with Gasteiger partial charge >= 0.3 is 5.97 Å². The molecule has 0 aromatic carbocycles. The zero-order valence-corrected chi connectivity index (χ0v) is 11.1. The number of methoxy groups -OCH3 is 1. The van der Waals surface area contributed by atoms with Crippen LogP contribution in [-0.2, 0) is 10.6 Å². The van der Waals surface area contributed by atoms with Gasteiger partial charge in [0.25, 0.3) is 6.43 Å². The van der Waals surface area contributed by atoms with E-state index < -0.39 is 18.1 Å². The Bertz CT molecular complexity index is 415. The van der Waals surface area contributed by atoms with E-state index in [0.717, 1.165) is 0 Å². The summed E-state index contributed by atoms with van der Waals surface area (Å²) in [6, 6.07) is 1.37. The van der Waals surface area contributed by atoms with E-state index >= 15 is 0 Å². The minimum Gasteiger partial charge on any atom is -0.465 e. The van der Waals surface area contributed by atoms with Gasteiger partial charge in [0, 0.05) is 5.56 Å². The molecule has 16 heavy (non-hydrogen) atoms. The van der Waals surface area contributed by atoms with E-state index in [1.54, 1.807) is 22.6 Å². The minimum absolute atomic E-state index is 0.0175. The SMILES string of the molecule is COC(=O)c1cc(I)nc(C(F)F)c1CCl. The van der Waals surface area contributed by atoms with Crippen LogP contribution in [0.5, 0.6) is 0 Å². The Morgan fingerprint density at radius 2 is 2.31 bits per heavy atom. The van der Waals surface area contributed by atoms with E-state index in [1.165, 1.54) is 13.2 Å². The topological polar surface area (TPSA) is 39.2 Å². The van der Waals surface area contributed by atoms with E-state index in [4.69, 9.17) is 11.6 Å². The van der Waals surface area contributed by atoms with Crippen LogP contribution in [0.2, 0.25) is 0 Å². The third kappa shape index (κ3) is 2.79. The molecule has 88 valence electrons. The van der Waals surface area contributed by atoms with Crippen LogP contribution in [0, 0.1) is 3.70 Å². The van der Waals surface area contributed by atoms with Gasteiger partial charge in [0.05, 0.1) is 18.6 Å². The third-order valence-corrected chi connectivity index (χ3v) is 2.69. The molecule has 0 bridgehead atoms. The maximum absolute atomic E-state index is 12.7. The second-order valence-electron chi connectivity index (χ2n) is 2.78. The lowest BCUT2D eigenvalue weighted by Crippen LogP contribution is -2.10. The molecule has 0 radical (unpaired) electrons. The normalized spacial score (nSPS) is 10.6. The van der Waals surface area contributed by atoms with Gasteiger partial charge in [-0.15, -0.1) is 11.6 Å². The van der Waals surface area contributed by atoms with Gasteiger partial charge in [0.15, 0.2) is 0 Å². The number of hydrogen-bond donors (Lipinski definition) is 0. The Morgan fingerprint density at radius 3 is 2.75 bits per heavy atom. The van der Waals surface area contributed by atoms with Gasteiger partial charge in [-0.05, 0) is 28.7 Å². The number of carbonyl (C=O) groups is 1. The number of rotatable bonds is 3. The van der Waals surface area contributed by atoms with Crippen molar-refractivity contribution >= 4 is 40.2 Å². The van der Waals surface area contributed by atoms with Gasteiger partial charge < -0.3 is 4.74 Å². The van der Waals surface area contributed by atoms with Gasteiger partial charge in [-0.3, -0.25) is 0 Å². The fraction of sp³-hybridized carbons (Fsp3) is 0.333. The van der Waals surface area contributed by atoms with Crippen LogP contribution in [0.1, 0.15) is 28.0 Å². The summed E-state index contributed by atoms with van der Waals surface area (Å²) in [4.78, 5) is 15.0. The molecule has 0 saturated carbocycles. The summed E-state index contributed by atoms with van der Waals surface area (Å²) in [5.41, 5.74) is -0.418. The van der Waals surface area contributed by atoms with Crippen molar-refractivity contribution in [1.29, 1.82) is 0 Å². The number of alkyl halides is 3. The molecule has 0 fully saturated rings. The average molecular weight is 362 g/mol. The van der Waals surface area contributed by atoms with E-state index in [1.807, 2.05) is 0 Å². The Morgan fingerprint density at radius 1 is 1.69 bits per heavy atom. The lowest BCUT2D eigenvalue weighted by Gasteiger charge is -2.10. The summed E-state index contributed by atoms with van der Waals surface area (Å²) in [6.07, 6.45) is -2.77. The molecule has 0 aliphatic rings. The first-order chi connectivity index (χ1) is 7.51. The molecule has 0 spiro atoms. The number of hydrogen-bond acceptors (Lipinski definition) is 3. The fourth-order valence-electron chi connectivity index (χ4n) is 1.17. The molecule has 0 aliphatic carbocycles. The molecule has 0 atom stereocenters. The van der Waals surface area contributed by atoms with Crippen LogP contribution >= 0.6 is 34.2 Å². The summed E-state index contributed by atoms with van der Waals surface area (Å²) in [7, 11) is 1.18. The zero-order valence-electron chi connectivity index (χ0n) is 8.14. The molecule has 1 heterocycles. The molecule has 0 amide bonds. The van der Waals surface area contributed by atoms with Crippen molar-refractivity contribution in [3.8, 4) is 0 Å². The van der Waals surface area contributed by atoms with Crippen LogP contribution in [-0.4, -0.2) is 18.1 Å². The average Bonchev–Trinajstić information content (AvgIpc) is 2.26. The van der Waals surface area contributed by atoms with Crippen molar-refractivity contribution < 1.29 is 18.3 Å². The maximum Gasteiger partial charge on any atom is 0.338 e. The lowest BCUT2D eigenvalue weighted by molar-refractivity contribution is 0.0598. The summed E-state index contributed by atoms with van der Waals surface area (Å²) in [6.45, 7) is 0. The molecule has 1 rings (SSSR count). The Kier molecular flexibility index (Phi) is 4.85. The van der Waals surface area contributed by atoms with E-state index in [2.05, 4.69) is 9.72 Å². The molecule has 0 N–H and O–H groups in total. The zero-order chi connectivity index (χ0) is 12.3. The van der Waals surface area contributed by atoms with E-state index in [9.17, 15) is 13.6 Å². The molecule has 7 heteroatoms. The fourth-order valence-corrected chi connectivity index (χ4v) is 2.02. The van der Waals surface area contributed by atoms with Crippen LogP contribution in [0.4, 0.5) is 8.78 Å². The second kappa shape index (κ2) is 5.72. The van der Waals surface area contributed by atoms with Crippen LogP contribution < -0.4 is 0 Å². The Balaban J connectivity index is 3.41. The number of esters is 1. The molecule has 0 unspecified atom stereocenters. The maximum atomic E-state index is 12.7. The standard InChI is InChI=1S/C9H7ClF2INO2/c1-16-9(15)4-2-6(13)14-7(8(11)12)5(4)3-10/h2,8H,3H2,1H3. The largest absolute Gasteiger partial charge is 0.465 e. The molecule has 1 aromatic heterocycles. The first kappa shape index (κ1) is 13.6. The Labute approximate surface area is 109 Å². The van der Waals surface area contributed by atoms with Crippen molar-refractivity contribution in [1.82, 2.24) is 4.98 Å². The highest BCUT2D eigenvalue weighted by Gasteiger charge is 2.22. The van der Waals surface area contributed by atoms with Gasteiger partial charge in [0.1, 0.15) is 9.39 Å². The quantitative estimate of drug-likeness (QED) is 0.359. The summed E-state index contributed by atoms with van der Waals surface area (Å²) in [5, 5.41) is 0. The monoisotopic (exact) mass is 361 g/mol. The second-order valence-corrected chi connectivity index (χ2v) is 4.15. The smallest absolute Gasteiger partial charge is 0.338 e. The van der Waals surface area contributed by atoms with E-state index in [0.29, 0.717) is 3.70 Å². The molecular weight excluding hydrogens is 354 g/mol. The highest BCUT2D eigenvalue weighted by atomic mass is 127. The summed E-state index contributed by atoms with van der Waals surface area (Å²) in [5.74, 6) is -0.911. The van der Waals surface area contributed by atoms with Crippen molar-refractivity contribution in [3.05, 3.63) is 26.6 Å². The number of carbonyl (C=O) groups excluding carboxylic acids is 1. The number of ether oxygens (including phenoxy) is 1. The number of halogens is 4. The predicted octanol–water partition coefficient (Wildman–Crippen LogP) is 3.15. The minimum atomic E-state index is -2.77. The van der Waals surface area contributed by atoms with Crippen LogP contribution in [0.15, 0.2) is 6.07 Å². The van der Waals surface area contributed by atoms with Crippen LogP contribution in [0.3, 0.4) is 0 Å². The first-order valence-corrected chi connectivity index (χ1v) is 5.74. The highest BCUT2D eigenvalue weighted by molar-refractivity contribution is 14.1. The first-order valence-electron chi connectivity index (χ1n) is 4.13. The Hall–Kier alpha value is -0.500. The molecular formula is C9H7ClF2INO2. The van der Waals surface area contributed by atoms with Gasteiger partial charge in [-0.1, -0.05) is 0 Å². The summed E-state index contributed by atoms with van der Waals surface area (Å²) >= 11 is 7.30.